The van der Waals surface area contributed by atoms with Crippen LogP contribution in [0.4, 0.5) is 5.13 Å². The van der Waals surface area contributed by atoms with E-state index >= 15 is 0 Å². The van der Waals surface area contributed by atoms with Crippen LogP contribution in [0.25, 0.3) is 6.08 Å². The number of anilines is 1. The fourth-order valence-electron chi connectivity index (χ4n) is 3.26. The summed E-state index contributed by atoms with van der Waals surface area (Å²) in [5, 5.41) is 4.66. The molecule has 2 heterocycles. The summed E-state index contributed by atoms with van der Waals surface area (Å²) in [7, 11) is 0. The van der Waals surface area contributed by atoms with Crippen molar-refractivity contribution in [3.05, 3.63) is 85.7 Å². The lowest BCUT2D eigenvalue weighted by molar-refractivity contribution is -0.122. The number of carbonyl (C=O) groups excluding carboxylic acids is 2. The number of aromatic nitrogens is 1. The van der Waals surface area contributed by atoms with Crippen molar-refractivity contribution >= 4 is 85.9 Å². The monoisotopic (exact) mass is 547 g/mol. The number of amides is 2. The molecule has 3 aromatic rings. The molecule has 0 spiro atoms. The van der Waals surface area contributed by atoms with E-state index in [0.717, 1.165) is 22.4 Å². The van der Waals surface area contributed by atoms with Gasteiger partial charge in [-0.3, -0.25) is 14.5 Å². The third-order valence-electron chi connectivity index (χ3n) is 4.94. The van der Waals surface area contributed by atoms with E-state index in [4.69, 9.17) is 35.4 Å². The molecular weight excluding hydrogens is 529 g/mol. The van der Waals surface area contributed by atoms with Crippen LogP contribution in [0, 0.1) is 0 Å². The Hall–Kier alpha value is -2.23. The summed E-state index contributed by atoms with van der Waals surface area (Å²) in [6.45, 7) is 0.373. The molecule has 34 heavy (non-hydrogen) atoms. The minimum absolute atomic E-state index is 0.149. The minimum atomic E-state index is -0.165. The summed E-state index contributed by atoms with van der Waals surface area (Å²) in [6.07, 6.45) is 4.98. The zero-order chi connectivity index (χ0) is 24.1. The van der Waals surface area contributed by atoms with E-state index in [0.29, 0.717) is 37.4 Å². The van der Waals surface area contributed by atoms with Crippen LogP contribution in [0.2, 0.25) is 10.0 Å². The minimum Gasteiger partial charge on any atom is -0.302 e. The lowest BCUT2D eigenvalue weighted by Gasteiger charge is -2.13. The molecule has 5 nitrogen and oxygen atoms in total. The number of rotatable bonds is 8. The first-order valence-electron chi connectivity index (χ1n) is 10.4. The number of nitrogens with one attached hydrogen (secondary N) is 1. The molecule has 2 aromatic carbocycles. The Balaban J connectivity index is 1.26. The number of carbonyl (C=O) groups is 2. The number of hydrogen-bond acceptors (Lipinski definition) is 6. The number of benzene rings is 2. The average molecular weight is 549 g/mol. The molecule has 2 amide bonds. The first-order valence-corrected chi connectivity index (χ1v) is 13.2. The highest BCUT2D eigenvalue weighted by Gasteiger charge is 2.31. The van der Waals surface area contributed by atoms with Crippen molar-refractivity contribution in [2.45, 2.75) is 19.3 Å². The number of halogens is 2. The molecule has 1 aromatic heterocycles. The Morgan fingerprint density at radius 1 is 1.15 bits per heavy atom. The zero-order valence-electron chi connectivity index (χ0n) is 17.8. The molecule has 1 saturated heterocycles. The van der Waals surface area contributed by atoms with Gasteiger partial charge in [0.1, 0.15) is 4.32 Å². The van der Waals surface area contributed by atoms with Crippen LogP contribution in [-0.4, -0.2) is 32.6 Å². The maximum absolute atomic E-state index is 12.8. The van der Waals surface area contributed by atoms with Crippen LogP contribution < -0.4 is 5.32 Å². The lowest BCUT2D eigenvalue weighted by Crippen LogP contribution is -2.29. The van der Waals surface area contributed by atoms with Gasteiger partial charge in [-0.1, -0.05) is 77.5 Å². The summed E-state index contributed by atoms with van der Waals surface area (Å²) < 4.78 is 0.482. The van der Waals surface area contributed by atoms with E-state index < -0.39 is 0 Å². The van der Waals surface area contributed by atoms with Gasteiger partial charge in [-0.15, -0.1) is 11.3 Å². The molecule has 1 N–H and O–H groups in total. The van der Waals surface area contributed by atoms with Crippen LogP contribution in [0.3, 0.4) is 0 Å². The number of thiazole rings is 1. The van der Waals surface area contributed by atoms with Crippen molar-refractivity contribution in [1.82, 2.24) is 9.88 Å². The van der Waals surface area contributed by atoms with Crippen LogP contribution >= 0.6 is 58.5 Å². The predicted octanol–water partition coefficient (Wildman–Crippen LogP) is 6.66. The molecule has 0 bridgehead atoms. The van der Waals surface area contributed by atoms with Gasteiger partial charge in [-0.25, -0.2) is 4.98 Å². The van der Waals surface area contributed by atoms with Crippen LogP contribution in [0.5, 0.6) is 0 Å². The van der Waals surface area contributed by atoms with Crippen LogP contribution in [0.1, 0.15) is 28.8 Å². The van der Waals surface area contributed by atoms with E-state index in [1.807, 2.05) is 42.5 Å². The summed E-state index contributed by atoms with van der Waals surface area (Å²) in [5.74, 6) is -0.313. The highest BCUT2D eigenvalue weighted by molar-refractivity contribution is 8.26. The number of nitrogens with zero attached hydrogens (tertiary/aromatic N) is 2. The zero-order valence-corrected chi connectivity index (χ0v) is 21.8. The van der Waals surface area contributed by atoms with Crippen molar-refractivity contribution in [2.24, 2.45) is 0 Å². The lowest BCUT2D eigenvalue weighted by atomic mass is 10.1. The second-order valence-corrected chi connectivity index (χ2v) is 11.1. The summed E-state index contributed by atoms with van der Waals surface area (Å²) in [5.41, 5.74) is 1.89. The normalized spacial score (nSPS) is 14.8. The van der Waals surface area contributed by atoms with E-state index in [1.165, 1.54) is 28.0 Å². The number of thioether (sulfide) groups is 1. The van der Waals surface area contributed by atoms with Gasteiger partial charge in [0.15, 0.2) is 5.13 Å². The molecule has 4 rings (SSSR count). The largest absolute Gasteiger partial charge is 0.302 e. The van der Waals surface area contributed by atoms with Crippen molar-refractivity contribution < 1.29 is 9.59 Å². The number of thiocarbonyl (C=S) groups is 1. The molecular formula is C24H19Cl2N3O2S3. The Kier molecular flexibility index (Phi) is 8.39. The maximum Gasteiger partial charge on any atom is 0.266 e. The third-order valence-corrected chi connectivity index (χ3v) is 7.83. The van der Waals surface area contributed by atoms with Crippen molar-refractivity contribution in [3.63, 3.8) is 0 Å². The smallest absolute Gasteiger partial charge is 0.266 e. The van der Waals surface area contributed by atoms with Gasteiger partial charge in [-0.2, -0.15) is 0 Å². The second kappa shape index (κ2) is 11.5. The summed E-state index contributed by atoms with van der Waals surface area (Å²) >= 11 is 20.2. The van der Waals surface area contributed by atoms with Gasteiger partial charge in [-0.05, 0) is 41.8 Å². The highest BCUT2D eigenvalue weighted by Crippen LogP contribution is 2.34. The van der Waals surface area contributed by atoms with Gasteiger partial charge in [0.05, 0.1) is 4.91 Å². The van der Waals surface area contributed by atoms with E-state index in [1.54, 1.807) is 18.3 Å². The van der Waals surface area contributed by atoms with Crippen molar-refractivity contribution in [1.29, 1.82) is 0 Å². The molecule has 1 aliphatic heterocycles. The number of hydrogen-bond donors (Lipinski definition) is 1. The van der Waals surface area contributed by atoms with E-state index in [9.17, 15) is 9.59 Å². The van der Waals surface area contributed by atoms with Gasteiger partial charge < -0.3 is 5.32 Å². The van der Waals surface area contributed by atoms with Gasteiger partial charge in [0.2, 0.25) is 5.91 Å². The molecule has 0 atom stereocenters. The van der Waals surface area contributed by atoms with Gasteiger partial charge in [0, 0.05) is 40.5 Å². The van der Waals surface area contributed by atoms with Gasteiger partial charge in [0.25, 0.3) is 5.91 Å². The van der Waals surface area contributed by atoms with Crippen molar-refractivity contribution in [3.8, 4) is 0 Å². The van der Waals surface area contributed by atoms with Crippen LogP contribution in [-0.2, 0) is 16.0 Å². The Bertz CT molecular complexity index is 1260. The molecule has 10 heteroatoms. The van der Waals surface area contributed by atoms with Crippen LogP contribution in [0.15, 0.2) is 59.6 Å². The molecule has 0 saturated carbocycles. The van der Waals surface area contributed by atoms with E-state index in [-0.39, 0.29) is 18.2 Å². The standard InChI is InChI=1S/C24H19Cl2N3O2S3/c25-17-9-7-15(8-10-17)12-18-14-27-23(33-18)28-21(30)6-3-11-29-22(31)20(34-24(29)32)13-16-4-1-2-5-19(16)26/h1-2,4-5,7-10,13-14H,3,6,11-12H2,(H,27,28,30)/b20-13+. The predicted molar refractivity (Wildman–Crippen MR) is 146 cm³/mol. The fraction of sp³-hybridized carbons (Fsp3) is 0.167. The van der Waals surface area contributed by atoms with E-state index in [2.05, 4.69) is 10.3 Å². The van der Waals surface area contributed by atoms with Gasteiger partial charge >= 0.3 is 0 Å². The second-order valence-electron chi connectivity index (χ2n) is 7.44. The topological polar surface area (TPSA) is 62.3 Å². The first kappa shape index (κ1) is 24.9. The fourth-order valence-corrected chi connectivity index (χ4v) is 5.73. The van der Waals surface area contributed by atoms with Crippen molar-refractivity contribution in [2.75, 3.05) is 11.9 Å². The summed E-state index contributed by atoms with van der Waals surface area (Å²) in [4.78, 5) is 32.5. The summed E-state index contributed by atoms with van der Waals surface area (Å²) in [6, 6.07) is 15.0. The first-order chi connectivity index (χ1) is 16.4. The molecule has 0 radical (unpaired) electrons. The maximum atomic E-state index is 12.8. The molecule has 174 valence electrons. The quantitative estimate of drug-likeness (QED) is 0.252. The molecule has 1 fully saturated rings. The Labute approximate surface area is 221 Å². The molecule has 1 aliphatic rings. The SMILES string of the molecule is O=C(CCCN1C(=O)/C(=C\c2ccccc2Cl)SC1=S)Nc1ncc(Cc2ccc(Cl)cc2)s1. The highest BCUT2D eigenvalue weighted by atomic mass is 35.5. The molecule has 0 unspecified atom stereocenters. The molecule has 0 aliphatic carbocycles. The average Bonchev–Trinajstić information content (AvgIpc) is 3.35. The Morgan fingerprint density at radius 2 is 1.91 bits per heavy atom. The third kappa shape index (κ3) is 6.46. The Morgan fingerprint density at radius 3 is 2.68 bits per heavy atom.